The first-order valence-corrected chi connectivity index (χ1v) is 15.2. The molecule has 0 aliphatic carbocycles. The van der Waals surface area contributed by atoms with E-state index in [-0.39, 0.29) is 12.5 Å². The maximum atomic E-state index is 14.9. The van der Waals surface area contributed by atoms with Crippen LogP contribution < -0.4 is 26.2 Å². The molecule has 0 radical (unpaired) electrons. The molecule has 0 atom stereocenters. The van der Waals surface area contributed by atoms with Crippen molar-refractivity contribution in [2.75, 3.05) is 9.80 Å². The average molecular weight is 578 g/mol. The number of fused-ring (bicyclic) bond motifs is 8. The van der Waals surface area contributed by atoms with Crippen LogP contribution in [0.5, 0.6) is 0 Å². The van der Waals surface area contributed by atoms with Crippen LogP contribution in [0.1, 0.15) is 0 Å². The van der Waals surface area contributed by atoms with Crippen LogP contribution in [0.2, 0.25) is 0 Å². The van der Waals surface area contributed by atoms with E-state index in [0.717, 1.165) is 56.1 Å². The molecule has 0 saturated carbocycles. The average Bonchev–Trinajstić information content (AvgIpc) is 3.44. The van der Waals surface area contributed by atoms with Crippen LogP contribution in [-0.2, 0) is 0 Å². The van der Waals surface area contributed by atoms with Crippen molar-refractivity contribution < 1.29 is 8.81 Å². The monoisotopic (exact) mass is 578 g/mol. The lowest BCUT2D eigenvalue weighted by molar-refractivity contribution is 0.628. The summed E-state index contributed by atoms with van der Waals surface area (Å²) in [7, 11) is 0. The molecule has 7 aromatic carbocycles. The summed E-state index contributed by atoms with van der Waals surface area (Å²) in [6, 6.07) is 49.9. The molecule has 45 heavy (non-hydrogen) atoms. The van der Waals surface area contributed by atoms with Crippen molar-refractivity contribution in [1.82, 2.24) is 0 Å². The minimum Gasteiger partial charge on any atom is -0.456 e. The summed E-state index contributed by atoms with van der Waals surface area (Å²) in [5.41, 5.74) is 11.5. The molecule has 0 amide bonds. The van der Waals surface area contributed by atoms with Crippen LogP contribution in [-0.4, -0.2) is 6.71 Å². The number of hydrogen-bond acceptors (Lipinski definition) is 3. The van der Waals surface area contributed by atoms with Gasteiger partial charge in [-0.05, 0) is 81.8 Å². The molecule has 2 aliphatic heterocycles. The van der Waals surface area contributed by atoms with E-state index >= 15 is 0 Å². The molecule has 210 valence electrons. The summed E-state index contributed by atoms with van der Waals surface area (Å²) in [6.45, 7) is -0.0476. The third-order valence-electron chi connectivity index (χ3n) is 9.44. The van der Waals surface area contributed by atoms with Gasteiger partial charge in [0.15, 0.2) is 0 Å². The Bertz CT molecular complexity index is 2490. The summed E-state index contributed by atoms with van der Waals surface area (Å²) in [5, 5.41) is 4.57. The summed E-state index contributed by atoms with van der Waals surface area (Å²) in [6.07, 6.45) is 0. The first-order valence-electron chi connectivity index (χ1n) is 15.2. The summed E-state index contributed by atoms with van der Waals surface area (Å²) >= 11 is 0. The Hall–Kier alpha value is -5.81. The SMILES string of the molecule is Fc1cccc(N2c3cc4oc5ccccc5c4cc3B3c4cc5ccccc5cc4N(c4ccccc4)c4cccc2c43)c1. The third-order valence-corrected chi connectivity index (χ3v) is 9.44. The van der Waals surface area contributed by atoms with E-state index < -0.39 is 0 Å². The predicted octanol–water partition coefficient (Wildman–Crippen LogP) is 8.96. The Labute approximate surface area is 259 Å². The van der Waals surface area contributed by atoms with Crippen molar-refractivity contribution in [3.8, 4) is 0 Å². The van der Waals surface area contributed by atoms with Crippen molar-refractivity contribution in [2.24, 2.45) is 0 Å². The molecular formula is C40H24BFN2O. The van der Waals surface area contributed by atoms with Crippen LogP contribution in [0.4, 0.5) is 38.5 Å². The van der Waals surface area contributed by atoms with E-state index in [2.05, 4.69) is 119 Å². The second kappa shape index (κ2) is 9.10. The maximum Gasteiger partial charge on any atom is 0.252 e. The quantitative estimate of drug-likeness (QED) is 0.191. The zero-order valence-electron chi connectivity index (χ0n) is 24.1. The van der Waals surface area contributed by atoms with Gasteiger partial charge in [-0.1, -0.05) is 84.9 Å². The van der Waals surface area contributed by atoms with Gasteiger partial charge in [-0.2, -0.15) is 0 Å². The molecular weight excluding hydrogens is 554 g/mol. The van der Waals surface area contributed by atoms with E-state index in [0.29, 0.717) is 0 Å². The van der Waals surface area contributed by atoms with Crippen molar-refractivity contribution >= 4 is 89.9 Å². The van der Waals surface area contributed by atoms with Crippen LogP contribution in [0.15, 0.2) is 150 Å². The fourth-order valence-corrected chi connectivity index (χ4v) is 7.59. The zero-order valence-corrected chi connectivity index (χ0v) is 24.1. The molecule has 10 rings (SSSR count). The van der Waals surface area contributed by atoms with E-state index in [9.17, 15) is 4.39 Å². The number of nitrogens with zero attached hydrogens (tertiary/aromatic N) is 2. The number of para-hydroxylation sites is 2. The van der Waals surface area contributed by atoms with Gasteiger partial charge >= 0.3 is 0 Å². The molecule has 8 aromatic rings. The minimum atomic E-state index is -0.270. The summed E-state index contributed by atoms with van der Waals surface area (Å²) in [5.74, 6) is -0.270. The van der Waals surface area contributed by atoms with Crippen LogP contribution >= 0.6 is 0 Å². The summed E-state index contributed by atoms with van der Waals surface area (Å²) < 4.78 is 21.3. The molecule has 3 heterocycles. The molecule has 0 bridgehead atoms. The molecule has 0 fully saturated rings. The van der Waals surface area contributed by atoms with Crippen molar-refractivity contribution in [2.45, 2.75) is 0 Å². The van der Waals surface area contributed by atoms with E-state index in [1.165, 1.54) is 33.2 Å². The number of rotatable bonds is 2. The van der Waals surface area contributed by atoms with Gasteiger partial charge in [0.25, 0.3) is 6.71 Å². The molecule has 5 heteroatoms. The van der Waals surface area contributed by atoms with E-state index in [1.807, 2.05) is 18.2 Å². The van der Waals surface area contributed by atoms with Crippen molar-refractivity contribution in [1.29, 1.82) is 0 Å². The number of halogens is 1. The first-order chi connectivity index (χ1) is 22.2. The Morgan fingerprint density at radius 1 is 0.467 bits per heavy atom. The highest BCUT2D eigenvalue weighted by Crippen LogP contribution is 2.45. The highest BCUT2D eigenvalue weighted by molar-refractivity contribution is 7.00. The first kappa shape index (κ1) is 24.6. The van der Waals surface area contributed by atoms with Crippen LogP contribution in [0, 0.1) is 5.82 Å². The Balaban J connectivity index is 1.36. The van der Waals surface area contributed by atoms with E-state index in [1.54, 1.807) is 12.1 Å². The smallest absolute Gasteiger partial charge is 0.252 e. The lowest BCUT2D eigenvalue weighted by Crippen LogP contribution is -2.61. The van der Waals surface area contributed by atoms with Gasteiger partial charge < -0.3 is 14.2 Å². The van der Waals surface area contributed by atoms with Gasteiger partial charge in [0.2, 0.25) is 0 Å². The van der Waals surface area contributed by atoms with E-state index in [4.69, 9.17) is 4.42 Å². The molecule has 0 spiro atoms. The number of anilines is 6. The normalized spacial score (nSPS) is 13.3. The standard InChI is InChI=1S/C40H24BFN2O/c42-27-12-8-15-29(22-27)44-35-18-9-17-34-40(35)41(33-23-31-30-16-6-7-19-38(30)45-39(31)24-37(33)44)32-20-25-10-4-5-11-26(25)21-36(32)43(34)28-13-2-1-3-14-28/h1-24H. The summed E-state index contributed by atoms with van der Waals surface area (Å²) in [4.78, 5) is 4.59. The molecule has 0 N–H and O–H groups in total. The second-order valence-corrected chi connectivity index (χ2v) is 11.9. The largest absolute Gasteiger partial charge is 0.456 e. The molecule has 3 nitrogen and oxygen atoms in total. The van der Waals surface area contributed by atoms with Gasteiger partial charge in [0.05, 0.1) is 0 Å². The maximum absolute atomic E-state index is 14.9. The predicted molar refractivity (Wildman–Crippen MR) is 185 cm³/mol. The Morgan fingerprint density at radius 2 is 1.11 bits per heavy atom. The zero-order chi connectivity index (χ0) is 29.6. The molecule has 2 aliphatic rings. The number of furan rings is 1. The topological polar surface area (TPSA) is 19.6 Å². The highest BCUT2D eigenvalue weighted by Gasteiger charge is 2.43. The Kier molecular flexibility index (Phi) is 4.98. The second-order valence-electron chi connectivity index (χ2n) is 11.9. The van der Waals surface area contributed by atoms with Gasteiger partial charge in [0, 0.05) is 51.0 Å². The molecule has 0 saturated heterocycles. The molecule has 1 aromatic heterocycles. The van der Waals surface area contributed by atoms with Gasteiger partial charge in [-0.3, -0.25) is 0 Å². The number of hydrogen-bond donors (Lipinski definition) is 0. The highest BCUT2D eigenvalue weighted by atomic mass is 19.1. The fraction of sp³-hybridized carbons (Fsp3) is 0. The fourth-order valence-electron chi connectivity index (χ4n) is 7.59. The lowest BCUT2D eigenvalue weighted by atomic mass is 9.33. The third kappa shape index (κ3) is 3.46. The molecule has 0 unspecified atom stereocenters. The van der Waals surface area contributed by atoms with Crippen molar-refractivity contribution in [3.05, 3.63) is 151 Å². The van der Waals surface area contributed by atoms with Crippen LogP contribution in [0.3, 0.4) is 0 Å². The van der Waals surface area contributed by atoms with Crippen molar-refractivity contribution in [3.63, 3.8) is 0 Å². The lowest BCUT2D eigenvalue weighted by Gasteiger charge is -2.44. The van der Waals surface area contributed by atoms with Gasteiger partial charge in [0.1, 0.15) is 17.0 Å². The Morgan fingerprint density at radius 3 is 1.93 bits per heavy atom. The number of benzene rings is 7. The van der Waals surface area contributed by atoms with Crippen LogP contribution in [0.25, 0.3) is 32.7 Å². The minimum absolute atomic E-state index is 0.0476. The van der Waals surface area contributed by atoms with Gasteiger partial charge in [-0.25, -0.2) is 4.39 Å². The van der Waals surface area contributed by atoms with Gasteiger partial charge in [-0.15, -0.1) is 0 Å².